The van der Waals surface area contributed by atoms with Crippen LogP contribution in [0, 0.1) is 5.92 Å². The van der Waals surface area contributed by atoms with Crippen LogP contribution in [0.3, 0.4) is 0 Å². The Labute approximate surface area is 111 Å². The highest BCUT2D eigenvalue weighted by Crippen LogP contribution is 2.16. The molecule has 1 aromatic rings. The average Bonchev–Trinajstić information content (AvgIpc) is 2.40. The molecule has 0 aliphatic carbocycles. The van der Waals surface area contributed by atoms with E-state index in [0.29, 0.717) is 0 Å². The van der Waals surface area contributed by atoms with E-state index in [9.17, 15) is 0 Å². The molecule has 0 spiro atoms. The molecule has 2 heteroatoms. The summed E-state index contributed by atoms with van der Waals surface area (Å²) in [6.07, 6.45) is 3.80. The van der Waals surface area contributed by atoms with E-state index in [1.165, 1.54) is 43.6 Å². The standard InChI is InChI=1S/C16H26N2/c1-3-15-6-4-5-7-16(15)13-18(2)12-14-8-10-17-11-9-14/h4-7,14,17H,3,8-13H2,1-2H3. The van der Waals surface area contributed by atoms with Gasteiger partial charge in [0, 0.05) is 13.1 Å². The molecule has 1 N–H and O–H groups in total. The van der Waals surface area contributed by atoms with Gasteiger partial charge in [0.1, 0.15) is 0 Å². The summed E-state index contributed by atoms with van der Waals surface area (Å²) in [6, 6.07) is 8.84. The first-order valence-corrected chi connectivity index (χ1v) is 7.25. The van der Waals surface area contributed by atoms with Crippen LogP contribution < -0.4 is 5.32 Å². The maximum Gasteiger partial charge on any atom is 0.0233 e. The molecule has 1 saturated heterocycles. The third-order valence-electron chi connectivity index (χ3n) is 3.97. The van der Waals surface area contributed by atoms with Gasteiger partial charge in [-0.3, -0.25) is 0 Å². The van der Waals surface area contributed by atoms with Gasteiger partial charge in [0.25, 0.3) is 0 Å². The summed E-state index contributed by atoms with van der Waals surface area (Å²) in [5.74, 6) is 0.880. The second kappa shape index (κ2) is 6.91. The Morgan fingerprint density at radius 3 is 2.50 bits per heavy atom. The fraction of sp³-hybridized carbons (Fsp3) is 0.625. The van der Waals surface area contributed by atoms with Gasteiger partial charge in [-0.05, 0) is 56.4 Å². The second-order valence-corrected chi connectivity index (χ2v) is 5.51. The van der Waals surface area contributed by atoms with Crippen molar-refractivity contribution < 1.29 is 0 Å². The van der Waals surface area contributed by atoms with Crippen molar-refractivity contribution in [2.75, 3.05) is 26.7 Å². The predicted octanol–water partition coefficient (Wildman–Crippen LogP) is 2.68. The van der Waals surface area contributed by atoms with Crippen LogP contribution in [-0.4, -0.2) is 31.6 Å². The molecule has 0 saturated carbocycles. The normalized spacial score (nSPS) is 17.3. The Bertz CT molecular complexity index is 356. The van der Waals surface area contributed by atoms with Crippen molar-refractivity contribution in [3.63, 3.8) is 0 Å². The minimum Gasteiger partial charge on any atom is -0.317 e. The topological polar surface area (TPSA) is 15.3 Å². The van der Waals surface area contributed by atoms with Crippen molar-refractivity contribution in [3.8, 4) is 0 Å². The molecule has 1 aromatic carbocycles. The number of hydrogen-bond donors (Lipinski definition) is 1. The molecule has 2 rings (SSSR count). The largest absolute Gasteiger partial charge is 0.317 e. The fourth-order valence-electron chi connectivity index (χ4n) is 2.92. The first kappa shape index (κ1) is 13.6. The lowest BCUT2D eigenvalue weighted by Crippen LogP contribution is -2.34. The van der Waals surface area contributed by atoms with Crippen LogP contribution in [0.25, 0.3) is 0 Å². The van der Waals surface area contributed by atoms with Crippen molar-refractivity contribution in [1.82, 2.24) is 10.2 Å². The molecule has 1 aliphatic rings. The highest BCUT2D eigenvalue weighted by atomic mass is 15.1. The summed E-state index contributed by atoms with van der Waals surface area (Å²) < 4.78 is 0. The lowest BCUT2D eigenvalue weighted by molar-refractivity contribution is 0.234. The van der Waals surface area contributed by atoms with Crippen LogP contribution in [-0.2, 0) is 13.0 Å². The van der Waals surface area contributed by atoms with Crippen LogP contribution in [0.2, 0.25) is 0 Å². The van der Waals surface area contributed by atoms with Gasteiger partial charge in [0.05, 0.1) is 0 Å². The fourth-order valence-corrected chi connectivity index (χ4v) is 2.92. The second-order valence-electron chi connectivity index (χ2n) is 5.51. The van der Waals surface area contributed by atoms with E-state index >= 15 is 0 Å². The van der Waals surface area contributed by atoms with Crippen LogP contribution in [0.5, 0.6) is 0 Å². The first-order valence-electron chi connectivity index (χ1n) is 7.25. The van der Waals surface area contributed by atoms with Gasteiger partial charge in [-0.25, -0.2) is 0 Å². The molecule has 0 radical (unpaired) electrons. The van der Waals surface area contributed by atoms with E-state index in [1.807, 2.05) is 0 Å². The van der Waals surface area contributed by atoms with Crippen molar-refractivity contribution in [1.29, 1.82) is 0 Å². The number of nitrogens with zero attached hydrogens (tertiary/aromatic N) is 1. The molecule has 1 heterocycles. The van der Waals surface area contributed by atoms with Gasteiger partial charge >= 0.3 is 0 Å². The number of aryl methyl sites for hydroxylation is 1. The van der Waals surface area contributed by atoms with Gasteiger partial charge in [-0.2, -0.15) is 0 Å². The molecule has 1 fully saturated rings. The minimum atomic E-state index is 0.880. The third kappa shape index (κ3) is 3.82. The van der Waals surface area contributed by atoms with Gasteiger partial charge in [-0.1, -0.05) is 31.2 Å². The van der Waals surface area contributed by atoms with Crippen LogP contribution in [0.4, 0.5) is 0 Å². The number of rotatable bonds is 5. The van der Waals surface area contributed by atoms with E-state index in [0.717, 1.165) is 18.9 Å². The van der Waals surface area contributed by atoms with Crippen LogP contribution >= 0.6 is 0 Å². The van der Waals surface area contributed by atoms with Crippen molar-refractivity contribution in [2.24, 2.45) is 5.92 Å². The summed E-state index contributed by atoms with van der Waals surface area (Å²) in [5, 5.41) is 3.44. The molecular formula is C16H26N2. The SMILES string of the molecule is CCc1ccccc1CN(C)CC1CCNCC1. The number of hydrogen-bond acceptors (Lipinski definition) is 2. The monoisotopic (exact) mass is 246 g/mol. The molecule has 2 nitrogen and oxygen atoms in total. The number of piperidine rings is 1. The first-order chi connectivity index (χ1) is 8.79. The zero-order chi connectivity index (χ0) is 12.8. The Balaban J connectivity index is 1.87. The molecule has 0 bridgehead atoms. The Morgan fingerprint density at radius 2 is 1.83 bits per heavy atom. The van der Waals surface area contributed by atoms with E-state index in [2.05, 4.69) is 48.5 Å². The molecule has 0 amide bonds. The van der Waals surface area contributed by atoms with Gasteiger partial charge in [0.2, 0.25) is 0 Å². The quantitative estimate of drug-likeness (QED) is 0.859. The van der Waals surface area contributed by atoms with Crippen molar-refractivity contribution in [2.45, 2.75) is 32.7 Å². The van der Waals surface area contributed by atoms with E-state index in [4.69, 9.17) is 0 Å². The number of benzene rings is 1. The van der Waals surface area contributed by atoms with Gasteiger partial charge < -0.3 is 10.2 Å². The zero-order valence-electron chi connectivity index (χ0n) is 11.8. The van der Waals surface area contributed by atoms with Crippen molar-refractivity contribution in [3.05, 3.63) is 35.4 Å². The van der Waals surface area contributed by atoms with E-state index in [-0.39, 0.29) is 0 Å². The van der Waals surface area contributed by atoms with Crippen LogP contribution in [0.15, 0.2) is 24.3 Å². The Kier molecular flexibility index (Phi) is 5.21. The zero-order valence-corrected chi connectivity index (χ0v) is 11.8. The van der Waals surface area contributed by atoms with Gasteiger partial charge in [-0.15, -0.1) is 0 Å². The average molecular weight is 246 g/mol. The summed E-state index contributed by atoms with van der Waals surface area (Å²) in [6.45, 7) is 6.97. The molecule has 0 atom stereocenters. The van der Waals surface area contributed by atoms with Gasteiger partial charge in [0.15, 0.2) is 0 Å². The molecule has 18 heavy (non-hydrogen) atoms. The summed E-state index contributed by atoms with van der Waals surface area (Å²) in [4.78, 5) is 2.49. The molecular weight excluding hydrogens is 220 g/mol. The molecule has 1 aliphatic heterocycles. The molecule has 100 valence electrons. The van der Waals surface area contributed by atoms with Crippen LogP contribution in [0.1, 0.15) is 30.9 Å². The molecule has 0 aromatic heterocycles. The highest BCUT2D eigenvalue weighted by Gasteiger charge is 2.15. The lowest BCUT2D eigenvalue weighted by atomic mass is 9.97. The number of nitrogens with one attached hydrogen (secondary N) is 1. The maximum absolute atomic E-state index is 3.44. The Morgan fingerprint density at radius 1 is 1.17 bits per heavy atom. The predicted molar refractivity (Wildman–Crippen MR) is 77.7 cm³/mol. The summed E-state index contributed by atoms with van der Waals surface area (Å²) in [5.41, 5.74) is 2.99. The molecule has 0 unspecified atom stereocenters. The third-order valence-corrected chi connectivity index (χ3v) is 3.97. The minimum absolute atomic E-state index is 0.880. The van der Waals surface area contributed by atoms with E-state index < -0.39 is 0 Å². The Hall–Kier alpha value is -0.860. The maximum atomic E-state index is 3.44. The highest BCUT2D eigenvalue weighted by molar-refractivity contribution is 5.26. The smallest absolute Gasteiger partial charge is 0.0233 e. The lowest BCUT2D eigenvalue weighted by Gasteiger charge is -2.28. The van der Waals surface area contributed by atoms with Crippen molar-refractivity contribution >= 4 is 0 Å². The summed E-state index contributed by atoms with van der Waals surface area (Å²) >= 11 is 0. The van der Waals surface area contributed by atoms with E-state index in [1.54, 1.807) is 0 Å². The summed E-state index contributed by atoms with van der Waals surface area (Å²) in [7, 11) is 2.26.